The van der Waals surface area contributed by atoms with Crippen LogP contribution in [0.5, 0.6) is 0 Å². The van der Waals surface area contributed by atoms with Crippen LogP contribution in [-0.4, -0.2) is 22.0 Å². The number of nitrogens with zero attached hydrogens (tertiary/aromatic N) is 2. The number of hydrogen-bond donors (Lipinski definition) is 2. The predicted molar refractivity (Wildman–Crippen MR) is 68.8 cm³/mol. The van der Waals surface area contributed by atoms with Crippen LogP contribution in [-0.2, 0) is 11.2 Å². The smallest absolute Gasteiger partial charge is 0.256 e. The Labute approximate surface area is 108 Å². The van der Waals surface area contributed by atoms with Gasteiger partial charge in [-0.15, -0.1) is 5.10 Å². The van der Waals surface area contributed by atoms with Crippen molar-refractivity contribution in [1.29, 1.82) is 0 Å². The van der Waals surface area contributed by atoms with Crippen molar-refractivity contribution >= 4 is 23.3 Å². The Morgan fingerprint density at radius 1 is 1.32 bits per heavy atom. The van der Waals surface area contributed by atoms with E-state index in [0.29, 0.717) is 17.8 Å². The maximum absolute atomic E-state index is 12.0. The van der Waals surface area contributed by atoms with E-state index in [4.69, 9.17) is 0 Å². The van der Waals surface area contributed by atoms with Gasteiger partial charge in [0.05, 0.1) is 6.42 Å². The van der Waals surface area contributed by atoms with Crippen LogP contribution in [0.2, 0.25) is 0 Å². The molecule has 0 aliphatic carbocycles. The number of carbonyl (C=O) groups excluding carboxylic acids is 2. The molecule has 2 N–H and O–H groups in total. The zero-order chi connectivity index (χ0) is 13.2. The minimum Gasteiger partial charge on any atom is -0.326 e. The summed E-state index contributed by atoms with van der Waals surface area (Å²) in [5, 5.41) is 12.8. The first-order chi connectivity index (χ1) is 9.22. The zero-order valence-electron chi connectivity index (χ0n) is 9.88. The van der Waals surface area contributed by atoms with E-state index in [1.165, 1.54) is 6.20 Å². The summed E-state index contributed by atoms with van der Waals surface area (Å²) < 4.78 is 0. The molecular formula is C13H10N4O2. The van der Waals surface area contributed by atoms with E-state index in [2.05, 4.69) is 20.8 Å². The molecule has 2 amide bonds. The number of amides is 2. The normalized spacial score (nSPS) is 12.7. The lowest BCUT2D eigenvalue weighted by molar-refractivity contribution is -0.115. The van der Waals surface area contributed by atoms with E-state index >= 15 is 0 Å². The van der Waals surface area contributed by atoms with E-state index in [-0.39, 0.29) is 11.8 Å². The molecule has 0 radical (unpaired) electrons. The summed E-state index contributed by atoms with van der Waals surface area (Å²) in [6.07, 6.45) is 1.84. The molecule has 0 fully saturated rings. The molecule has 3 rings (SSSR count). The minimum absolute atomic E-state index is 0.0542. The van der Waals surface area contributed by atoms with Gasteiger partial charge in [0.2, 0.25) is 5.91 Å². The topological polar surface area (TPSA) is 84.0 Å². The highest BCUT2D eigenvalue weighted by atomic mass is 16.2. The molecule has 1 aliphatic rings. The molecule has 2 heterocycles. The monoisotopic (exact) mass is 254 g/mol. The lowest BCUT2D eigenvalue weighted by Crippen LogP contribution is -2.13. The number of benzene rings is 1. The Bertz CT molecular complexity index is 655. The van der Waals surface area contributed by atoms with Crippen molar-refractivity contribution in [2.45, 2.75) is 6.42 Å². The number of anilines is 2. The van der Waals surface area contributed by atoms with Crippen molar-refractivity contribution < 1.29 is 9.59 Å². The highest BCUT2D eigenvalue weighted by Crippen LogP contribution is 2.24. The molecule has 94 valence electrons. The first-order valence-corrected chi connectivity index (χ1v) is 5.74. The lowest BCUT2D eigenvalue weighted by atomic mass is 10.1. The highest BCUT2D eigenvalue weighted by molar-refractivity contribution is 6.06. The van der Waals surface area contributed by atoms with Gasteiger partial charge in [-0.1, -0.05) is 0 Å². The molecule has 2 aromatic rings. The fourth-order valence-corrected chi connectivity index (χ4v) is 1.93. The molecule has 6 heteroatoms. The van der Waals surface area contributed by atoms with Gasteiger partial charge >= 0.3 is 0 Å². The molecule has 0 spiro atoms. The second kappa shape index (κ2) is 4.49. The summed E-state index contributed by atoms with van der Waals surface area (Å²) in [6.45, 7) is 0. The van der Waals surface area contributed by atoms with Crippen molar-refractivity contribution in [3.8, 4) is 0 Å². The second-order valence-electron chi connectivity index (χ2n) is 4.16. The largest absolute Gasteiger partial charge is 0.326 e. The maximum atomic E-state index is 12.0. The van der Waals surface area contributed by atoms with Crippen LogP contribution >= 0.6 is 0 Å². The van der Waals surface area contributed by atoms with E-state index in [1.54, 1.807) is 30.3 Å². The summed E-state index contributed by atoms with van der Waals surface area (Å²) in [6, 6.07) is 8.44. The van der Waals surface area contributed by atoms with E-state index in [0.717, 1.165) is 11.3 Å². The number of nitrogens with one attached hydrogen (secondary N) is 2. The van der Waals surface area contributed by atoms with Gasteiger partial charge in [0.1, 0.15) is 0 Å². The van der Waals surface area contributed by atoms with Gasteiger partial charge in [-0.2, -0.15) is 5.10 Å². The minimum atomic E-state index is -0.275. The van der Waals surface area contributed by atoms with Crippen LogP contribution in [0.25, 0.3) is 0 Å². The van der Waals surface area contributed by atoms with Crippen LogP contribution in [0.1, 0.15) is 15.9 Å². The Balaban J connectivity index is 1.82. The first kappa shape index (κ1) is 11.3. The van der Waals surface area contributed by atoms with Crippen LogP contribution in [0.4, 0.5) is 11.5 Å². The van der Waals surface area contributed by atoms with Crippen LogP contribution in [0.3, 0.4) is 0 Å². The van der Waals surface area contributed by atoms with Crippen molar-refractivity contribution in [1.82, 2.24) is 10.2 Å². The van der Waals surface area contributed by atoms with Crippen LogP contribution in [0.15, 0.2) is 36.5 Å². The number of carbonyl (C=O) groups is 2. The van der Waals surface area contributed by atoms with Crippen molar-refractivity contribution in [2.75, 3.05) is 10.6 Å². The molecule has 0 saturated heterocycles. The summed E-state index contributed by atoms with van der Waals surface area (Å²) in [4.78, 5) is 23.3. The molecule has 1 aliphatic heterocycles. The van der Waals surface area contributed by atoms with Gasteiger partial charge in [-0.3, -0.25) is 9.59 Å². The standard InChI is InChI=1S/C13H10N4O2/c18-12-7-9-6-8(3-4-10(9)15-12)13(19)16-11-2-1-5-14-17-11/h1-6H,7H2,(H,15,18)(H,16,17,19). The summed E-state index contributed by atoms with van der Waals surface area (Å²) in [5.74, 6) is 0.0614. The number of hydrogen-bond acceptors (Lipinski definition) is 4. The van der Waals surface area contributed by atoms with Crippen molar-refractivity contribution in [2.24, 2.45) is 0 Å². The Morgan fingerprint density at radius 2 is 2.21 bits per heavy atom. The lowest BCUT2D eigenvalue weighted by Gasteiger charge is -2.05. The zero-order valence-corrected chi connectivity index (χ0v) is 9.88. The fourth-order valence-electron chi connectivity index (χ4n) is 1.93. The van der Waals surface area contributed by atoms with Crippen molar-refractivity contribution in [3.63, 3.8) is 0 Å². The summed E-state index contributed by atoms with van der Waals surface area (Å²) in [7, 11) is 0. The first-order valence-electron chi connectivity index (χ1n) is 5.74. The fraction of sp³-hybridized carbons (Fsp3) is 0.0769. The third-order valence-electron chi connectivity index (χ3n) is 2.81. The quantitative estimate of drug-likeness (QED) is 0.844. The Kier molecular flexibility index (Phi) is 2.68. The third-order valence-corrected chi connectivity index (χ3v) is 2.81. The highest BCUT2D eigenvalue weighted by Gasteiger charge is 2.19. The molecule has 19 heavy (non-hydrogen) atoms. The second-order valence-corrected chi connectivity index (χ2v) is 4.16. The predicted octanol–water partition coefficient (Wildman–Crippen LogP) is 1.22. The van der Waals surface area contributed by atoms with E-state index in [1.807, 2.05) is 0 Å². The number of fused-ring (bicyclic) bond motifs is 1. The average Bonchev–Trinajstić information content (AvgIpc) is 2.78. The average molecular weight is 254 g/mol. The third kappa shape index (κ3) is 2.28. The number of aromatic nitrogens is 2. The van der Waals surface area contributed by atoms with Gasteiger partial charge < -0.3 is 10.6 Å². The Morgan fingerprint density at radius 3 is 3.00 bits per heavy atom. The Hall–Kier alpha value is -2.76. The van der Waals surface area contributed by atoms with Gasteiger partial charge in [0.25, 0.3) is 5.91 Å². The van der Waals surface area contributed by atoms with Crippen LogP contribution < -0.4 is 10.6 Å². The van der Waals surface area contributed by atoms with Gasteiger partial charge in [-0.25, -0.2) is 0 Å². The van der Waals surface area contributed by atoms with Crippen molar-refractivity contribution in [3.05, 3.63) is 47.7 Å². The summed E-state index contributed by atoms with van der Waals surface area (Å²) >= 11 is 0. The molecule has 0 bridgehead atoms. The van der Waals surface area contributed by atoms with Gasteiger partial charge in [0.15, 0.2) is 5.82 Å². The van der Waals surface area contributed by atoms with Crippen LogP contribution in [0, 0.1) is 0 Å². The SMILES string of the molecule is O=C1Cc2cc(C(=O)Nc3cccnn3)ccc2N1. The summed E-state index contributed by atoms with van der Waals surface area (Å²) in [5.41, 5.74) is 2.08. The van der Waals surface area contributed by atoms with E-state index < -0.39 is 0 Å². The molecule has 1 aromatic heterocycles. The number of rotatable bonds is 2. The van der Waals surface area contributed by atoms with Gasteiger partial charge in [0, 0.05) is 17.4 Å². The van der Waals surface area contributed by atoms with Gasteiger partial charge in [-0.05, 0) is 35.9 Å². The molecule has 0 atom stereocenters. The molecule has 1 aromatic carbocycles. The van der Waals surface area contributed by atoms with E-state index in [9.17, 15) is 9.59 Å². The molecule has 6 nitrogen and oxygen atoms in total. The maximum Gasteiger partial charge on any atom is 0.256 e. The molecule has 0 unspecified atom stereocenters. The molecular weight excluding hydrogens is 244 g/mol. The molecule has 0 saturated carbocycles.